The van der Waals surface area contributed by atoms with Gasteiger partial charge in [-0.05, 0) is 38.3 Å². The highest BCUT2D eigenvalue weighted by molar-refractivity contribution is 7.99. The number of carboxylic acids is 1. The quantitative estimate of drug-likeness (QED) is 0.745. The van der Waals surface area contributed by atoms with E-state index in [0.717, 1.165) is 23.5 Å². The summed E-state index contributed by atoms with van der Waals surface area (Å²) < 4.78 is 5.24. The number of aliphatic carboxylic acids is 1. The molecule has 2 rings (SSSR count). The highest BCUT2D eigenvalue weighted by atomic mass is 32.2. The fourth-order valence-corrected chi connectivity index (χ4v) is 3.48. The Morgan fingerprint density at radius 3 is 2.83 bits per heavy atom. The fraction of sp³-hybridized carbons (Fsp3) is 0.615. The maximum absolute atomic E-state index is 11.6. The molecule has 1 aliphatic rings. The summed E-state index contributed by atoms with van der Waals surface area (Å²) in [6.45, 7) is 4.52. The molecule has 0 aromatic carbocycles. The molecule has 0 amide bonds. The smallest absolute Gasteiger partial charge is 0.325 e. The number of hydrogen-bond acceptors (Lipinski definition) is 4. The van der Waals surface area contributed by atoms with Crippen LogP contribution in [0.3, 0.4) is 0 Å². The van der Waals surface area contributed by atoms with Crippen molar-refractivity contribution in [1.82, 2.24) is 5.32 Å². The molecule has 1 saturated carbocycles. The van der Waals surface area contributed by atoms with Crippen molar-refractivity contribution < 1.29 is 14.3 Å². The number of thioether (sulfide) groups is 1. The standard InChI is InChI=1S/C13H19NO3S/c1-3-14-13(12(15)16,10-4-5-10)8-18-11-6-7-17-9(11)2/h6-7,10,14H,3-5,8H2,1-2H3,(H,15,16). The Morgan fingerprint density at radius 1 is 1.67 bits per heavy atom. The molecule has 1 aliphatic carbocycles. The van der Waals surface area contributed by atoms with Crippen LogP contribution in [-0.2, 0) is 4.79 Å². The lowest BCUT2D eigenvalue weighted by molar-refractivity contribution is -0.144. The van der Waals surface area contributed by atoms with Gasteiger partial charge in [0.15, 0.2) is 0 Å². The van der Waals surface area contributed by atoms with Crippen LogP contribution in [-0.4, -0.2) is 28.9 Å². The Kier molecular flexibility index (Phi) is 4.02. The minimum absolute atomic E-state index is 0.259. The molecule has 2 N–H and O–H groups in total. The summed E-state index contributed by atoms with van der Waals surface area (Å²) in [6.07, 6.45) is 3.65. The van der Waals surface area contributed by atoms with Crippen LogP contribution in [0.5, 0.6) is 0 Å². The predicted octanol–water partition coefficient (Wildman–Crippen LogP) is 2.52. The van der Waals surface area contributed by atoms with Crippen LogP contribution in [0.2, 0.25) is 0 Å². The third-order valence-corrected chi connectivity index (χ3v) is 4.75. The first-order valence-electron chi connectivity index (χ1n) is 6.25. The Bertz CT molecular complexity index is 428. The zero-order valence-corrected chi connectivity index (χ0v) is 11.5. The van der Waals surface area contributed by atoms with E-state index in [1.165, 1.54) is 0 Å². The number of carbonyl (C=O) groups is 1. The minimum atomic E-state index is -0.789. The molecule has 0 saturated heterocycles. The molecule has 4 nitrogen and oxygen atoms in total. The first kappa shape index (κ1) is 13.5. The van der Waals surface area contributed by atoms with Gasteiger partial charge in [0.2, 0.25) is 0 Å². The van der Waals surface area contributed by atoms with Crippen LogP contribution in [0.4, 0.5) is 0 Å². The van der Waals surface area contributed by atoms with Gasteiger partial charge in [-0.25, -0.2) is 0 Å². The maximum Gasteiger partial charge on any atom is 0.325 e. The van der Waals surface area contributed by atoms with E-state index in [2.05, 4.69) is 5.32 Å². The molecule has 1 aromatic rings. The molecule has 100 valence electrons. The number of carboxylic acid groups (broad SMARTS) is 1. The number of hydrogen-bond donors (Lipinski definition) is 2. The number of nitrogens with one attached hydrogen (secondary N) is 1. The van der Waals surface area contributed by atoms with Crippen molar-refractivity contribution in [2.75, 3.05) is 12.3 Å². The molecule has 5 heteroatoms. The van der Waals surface area contributed by atoms with Gasteiger partial charge in [0.1, 0.15) is 11.3 Å². The van der Waals surface area contributed by atoms with Crippen molar-refractivity contribution in [3.05, 3.63) is 18.1 Å². The van der Waals surface area contributed by atoms with Crippen LogP contribution in [0.15, 0.2) is 21.6 Å². The largest absolute Gasteiger partial charge is 0.480 e. The Hall–Kier alpha value is -0.940. The molecule has 1 aromatic heterocycles. The predicted molar refractivity (Wildman–Crippen MR) is 70.9 cm³/mol. The lowest BCUT2D eigenvalue weighted by atomic mass is 9.96. The highest BCUT2D eigenvalue weighted by Gasteiger charge is 2.50. The van der Waals surface area contributed by atoms with E-state index in [4.69, 9.17) is 4.42 Å². The first-order chi connectivity index (χ1) is 8.60. The van der Waals surface area contributed by atoms with E-state index in [1.807, 2.05) is 19.9 Å². The van der Waals surface area contributed by atoms with Crippen LogP contribution >= 0.6 is 11.8 Å². The number of aryl methyl sites for hydroxylation is 1. The zero-order chi connectivity index (χ0) is 13.2. The molecule has 1 fully saturated rings. The fourth-order valence-electron chi connectivity index (χ4n) is 2.23. The summed E-state index contributed by atoms with van der Waals surface area (Å²) in [5, 5.41) is 12.8. The van der Waals surface area contributed by atoms with Crippen molar-refractivity contribution >= 4 is 17.7 Å². The molecule has 18 heavy (non-hydrogen) atoms. The van der Waals surface area contributed by atoms with Crippen molar-refractivity contribution in [1.29, 1.82) is 0 Å². The second kappa shape index (κ2) is 5.36. The SMILES string of the molecule is CCNC(CSc1ccoc1C)(C(=O)O)C1CC1. The molecular formula is C13H19NO3S. The molecule has 0 spiro atoms. The Morgan fingerprint density at radius 2 is 2.39 bits per heavy atom. The average Bonchev–Trinajstić information content (AvgIpc) is 3.09. The topological polar surface area (TPSA) is 62.5 Å². The summed E-state index contributed by atoms with van der Waals surface area (Å²) >= 11 is 1.56. The van der Waals surface area contributed by atoms with E-state index >= 15 is 0 Å². The van der Waals surface area contributed by atoms with Gasteiger partial charge in [-0.1, -0.05) is 6.92 Å². The van der Waals surface area contributed by atoms with Gasteiger partial charge in [-0.3, -0.25) is 4.79 Å². The summed E-state index contributed by atoms with van der Waals surface area (Å²) in [4.78, 5) is 12.7. The number of rotatable bonds is 7. The second-order valence-corrected chi connectivity index (χ2v) is 5.73. The van der Waals surface area contributed by atoms with Gasteiger partial charge in [-0.15, -0.1) is 11.8 Å². The van der Waals surface area contributed by atoms with Crippen molar-refractivity contribution in [3.63, 3.8) is 0 Å². The summed E-state index contributed by atoms with van der Waals surface area (Å²) in [7, 11) is 0. The maximum atomic E-state index is 11.6. The third kappa shape index (κ3) is 2.57. The normalized spacial score (nSPS) is 18.6. The molecule has 0 aliphatic heterocycles. The summed E-state index contributed by atoms with van der Waals surface area (Å²) in [5.74, 6) is 0.919. The van der Waals surface area contributed by atoms with Crippen LogP contribution < -0.4 is 5.32 Å². The molecule has 0 radical (unpaired) electrons. The van der Waals surface area contributed by atoms with Crippen LogP contribution in [0.1, 0.15) is 25.5 Å². The number of furan rings is 1. The lowest BCUT2D eigenvalue weighted by Gasteiger charge is -2.30. The lowest BCUT2D eigenvalue weighted by Crippen LogP contribution is -2.56. The van der Waals surface area contributed by atoms with E-state index in [1.54, 1.807) is 18.0 Å². The van der Waals surface area contributed by atoms with E-state index in [0.29, 0.717) is 12.3 Å². The summed E-state index contributed by atoms with van der Waals surface area (Å²) in [5.41, 5.74) is -0.789. The minimum Gasteiger partial charge on any atom is -0.480 e. The number of likely N-dealkylation sites (N-methyl/N-ethyl adjacent to an activating group) is 1. The monoisotopic (exact) mass is 269 g/mol. The van der Waals surface area contributed by atoms with Gasteiger partial charge in [0, 0.05) is 10.6 Å². The van der Waals surface area contributed by atoms with Crippen molar-refractivity contribution in [2.45, 2.75) is 37.1 Å². The first-order valence-corrected chi connectivity index (χ1v) is 7.24. The Balaban J connectivity index is 2.10. The Labute approximate surface area is 111 Å². The van der Waals surface area contributed by atoms with E-state index < -0.39 is 11.5 Å². The van der Waals surface area contributed by atoms with Crippen molar-refractivity contribution in [2.24, 2.45) is 5.92 Å². The van der Waals surface area contributed by atoms with Crippen molar-refractivity contribution in [3.8, 4) is 0 Å². The molecule has 1 atom stereocenters. The van der Waals surface area contributed by atoms with Gasteiger partial charge in [0.25, 0.3) is 0 Å². The average molecular weight is 269 g/mol. The van der Waals surface area contributed by atoms with Crippen LogP contribution in [0, 0.1) is 12.8 Å². The molecular weight excluding hydrogens is 250 g/mol. The highest BCUT2D eigenvalue weighted by Crippen LogP contribution is 2.43. The third-order valence-electron chi connectivity index (χ3n) is 3.41. The van der Waals surface area contributed by atoms with Gasteiger partial charge in [0.05, 0.1) is 6.26 Å². The van der Waals surface area contributed by atoms with E-state index in [9.17, 15) is 9.90 Å². The molecule has 1 heterocycles. The second-order valence-electron chi connectivity index (χ2n) is 4.71. The van der Waals surface area contributed by atoms with E-state index in [-0.39, 0.29) is 5.92 Å². The molecule has 1 unspecified atom stereocenters. The van der Waals surface area contributed by atoms with Crippen LogP contribution in [0.25, 0.3) is 0 Å². The summed E-state index contributed by atoms with van der Waals surface area (Å²) in [6, 6.07) is 1.89. The van der Waals surface area contributed by atoms with Gasteiger partial charge < -0.3 is 14.8 Å². The van der Waals surface area contributed by atoms with Gasteiger partial charge >= 0.3 is 5.97 Å². The van der Waals surface area contributed by atoms with Gasteiger partial charge in [-0.2, -0.15) is 0 Å². The molecule has 0 bridgehead atoms. The zero-order valence-electron chi connectivity index (χ0n) is 10.7.